The van der Waals surface area contributed by atoms with Gasteiger partial charge in [0.1, 0.15) is 0 Å². The van der Waals surface area contributed by atoms with E-state index < -0.39 is 11.5 Å². The molecular formula is C26H37ClN2O3. The van der Waals surface area contributed by atoms with Gasteiger partial charge in [-0.2, -0.15) is 0 Å². The van der Waals surface area contributed by atoms with Crippen molar-refractivity contribution in [3.05, 3.63) is 46.1 Å². The smallest absolute Gasteiger partial charge is 0.322 e. The van der Waals surface area contributed by atoms with Crippen molar-refractivity contribution in [1.29, 1.82) is 0 Å². The minimum absolute atomic E-state index is 0.149. The molecule has 1 atom stereocenters. The van der Waals surface area contributed by atoms with E-state index in [9.17, 15) is 9.59 Å². The molecule has 1 aromatic rings. The van der Waals surface area contributed by atoms with Crippen LogP contribution in [0.5, 0.6) is 0 Å². The standard InChI is InChI=1S/C26H37ClN2O3/c1-16(2)21-15-29(14-17-11-19(12-17)23(30)31)24(32)28-26(21,6)20-8-7-18(22(27)13-20)9-10-25(3,4)5/h7-8,13,15-17,19H,9-12,14H2,1-6H3,(H,28,32)(H,30,31)/t17-,19-,26?. The Labute approximate surface area is 197 Å². The Balaban J connectivity index is 1.82. The molecule has 1 heterocycles. The first-order valence-electron chi connectivity index (χ1n) is 11.6. The van der Waals surface area contributed by atoms with Gasteiger partial charge >= 0.3 is 12.0 Å². The van der Waals surface area contributed by atoms with Gasteiger partial charge in [-0.1, -0.05) is 58.4 Å². The number of aliphatic carboxylic acids is 1. The number of carbonyl (C=O) groups excluding carboxylic acids is 1. The number of hydrogen-bond donors (Lipinski definition) is 2. The lowest BCUT2D eigenvalue weighted by molar-refractivity contribution is -0.146. The van der Waals surface area contributed by atoms with Crippen LogP contribution < -0.4 is 5.32 Å². The largest absolute Gasteiger partial charge is 0.481 e. The predicted molar refractivity (Wildman–Crippen MR) is 129 cm³/mol. The number of amides is 2. The zero-order valence-electron chi connectivity index (χ0n) is 20.2. The summed E-state index contributed by atoms with van der Waals surface area (Å²) in [7, 11) is 0. The van der Waals surface area contributed by atoms with Gasteiger partial charge in [-0.15, -0.1) is 0 Å². The quantitative estimate of drug-likeness (QED) is 0.508. The zero-order chi connectivity index (χ0) is 23.8. The molecule has 32 heavy (non-hydrogen) atoms. The van der Waals surface area contributed by atoms with E-state index in [2.05, 4.69) is 52.1 Å². The van der Waals surface area contributed by atoms with Crippen LogP contribution in [0.25, 0.3) is 0 Å². The van der Waals surface area contributed by atoms with Gasteiger partial charge in [-0.3, -0.25) is 4.79 Å². The third-order valence-corrected chi connectivity index (χ3v) is 7.28. The third-order valence-electron chi connectivity index (χ3n) is 6.93. The molecule has 0 spiro atoms. The van der Waals surface area contributed by atoms with Gasteiger partial charge in [0.15, 0.2) is 0 Å². The number of rotatable bonds is 7. The molecule has 3 rings (SSSR count). The van der Waals surface area contributed by atoms with Gasteiger partial charge in [0, 0.05) is 17.8 Å². The Morgan fingerprint density at radius 2 is 1.97 bits per heavy atom. The summed E-state index contributed by atoms with van der Waals surface area (Å²) in [5, 5.41) is 13.1. The average Bonchev–Trinajstić information content (AvgIpc) is 2.63. The topological polar surface area (TPSA) is 69.6 Å². The molecule has 5 nitrogen and oxygen atoms in total. The van der Waals surface area contributed by atoms with Gasteiger partial charge in [-0.05, 0) is 72.6 Å². The number of nitrogens with one attached hydrogen (secondary N) is 1. The van der Waals surface area contributed by atoms with Crippen LogP contribution in [0.3, 0.4) is 0 Å². The Bertz CT molecular complexity index is 912. The normalized spacial score (nSPS) is 25.9. The van der Waals surface area contributed by atoms with E-state index in [0.29, 0.717) is 19.4 Å². The number of hydrogen-bond acceptors (Lipinski definition) is 2. The van der Waals surface area contributed by atoms with Gasteiger partial charge in [0.2, 0.25) is 0 Å². The molecule has 0 aromatic heterocycles. The lowest BCUT2D eigenvalue weighted by Crippen LogP contribution is -2.56. The number of benzene rings is 1. The second-order valence-corrected chi connectivity index (χ2v) is 11.6. The van der Waals surface area contributed by atoms with E-state index in [0.717, 1.165) is 34.6 Å². The first-order valence-corrected chi connectivity index (χ1v) is 12.0. The van der Waals surface area contributed by atoms with Crippen molar-refractivity contribution >= 4 is 23.6 Å². The van der Waals surface area contributed by atoms with E-state index in [-0.39, 0.29) is 29.2 Å². The number of halogens is 1. The van der Waals surface area contributed by atoms with Crippen LogP contribution in [0, 0.1) is 23.2 Å². The molecule has 6 heteroatoms. The molecule has 2 amide bonds. The molecule has 1 aliphatic heterocycles. The van der Waals surface area contributed by atoms with Gasteiger partial charge in [-0.25, -0.2) is 4.79 Å². The molecule has 0 bridgehead atoms. The van der Waals surface area contributed by atoms with Crippen molar-refractivity contribution < 1.29 is 14.7 Å². The molecule has 0 radical (unpaired) electrons. The number of carboxylic acids is 1. The molecule has 2 aliphatic rings. The van der Waals surface area contributed by atoms with Crippen LogP contribution in [0.4, 0.5) is 4.79 Å². The minimum Gasteiger partial charge on any atom is -0.481 e. The van der Waals surface area contributed by atoms with Gasteiger partial charge < -0.3 is 15.3 Å². The van der Waals surface area contributed by atoms with Crippen LogP contribution in [-0.4, -0.2) is 28.6 Å². The average molecular weight is 461 g/mol. The summed E-state index contributed by atoms with van der Waals surface area (Å²) in [4.78, 5) is 25.8. The van der Waals surface area contributed by atoms with Crippen LogP contribution in [0.15, 0.2) is 30.0 Å². The molecule has 1 fully saturated rings. The van der Waals surface area contributed by atoms with Crippen LogP contribution in [0.2, 0.25) is 5.02 Å². The molecular weight excluding hydrogens is 424 g/mol. The Morgan fingerprint density at radius 1 is 1.31 bits per heavy atom. The van der Waals surface area contributed by atoms with Crippen LogP contribution in [0.1, 0.15) is 71.9 Å². The molecule has 2 N–H and O–H groups in total. The SMILES string of the molecule is CC(C)C1=CN(C[C@H]2C[C@H](C(=O)O)C2)C(=O)NC1(C)c1ccc(CCC(C)(C)C)c(Cl)c1. The maximum Gasteiger partial charge on any atom is 0.322 e. The van der Waals surface area contributed by atoms with Crippen molar-refractivity contribution in [3.8, 4) is 0 Å². The first kappa shape index (κ1) is 24.6. The number of carboxylic acid groups (broad SMARTS) is 1. The minimum atomic E-state index is -0.738. The second kappa shape index (κ2) is 9.09. The Hall–Kier alpha value is -2.01. The lowest BCUT2D eigenvalue weighted by atomic mass is 9.74. The van der Waals surface area contributed by atoms with Gasteiger partial charge in [0.25, 0.3) is 0 Å². The summed E-state index contributed by atoms with van der Waals surface area (Å²) < 4.78 is 0. The summed E-state index contributed by atoms with van der Waals surface area (Å²) in [5.41, 5.74) is 2.82. The number of aryl methyl sites for hydroxylation is 1. The molecule has 1 saturated carbocycles. The zero-order valence-corrected chi connectivity index (χ0v) is 20.9. The fourth-order valence-electron chi connectivity index (χ4n) is 4.75. The fourth-order valence-corrected chi connectivity index (χ4v) is 5.02. The number of carbonyl (C=O) groups is 2. The number of nitrogens with zero attached hydrogens (tertiary/aromatic N) is 1. The molecule has 1 unspecified atom stereocenters. The maximum atomic E-state index is 13.0. The molecule has 1 aliphatic carbocycles. The third kappa shape index (κ3) is 5.31. The lowest BCUT2D eigenvalue weighted by Gasteiger charge is -2.44. The highest BCUT2D eigenvalue weighted by molar-refractivity contribution is 6.31. The molecule has 1 aromatic carbocycles. The molecule has 0 saturated heterocycles. The van der Waals surface area contributed by atoms with Crippen molar-refractivity contribution in [2.75, 3.05) is 6.54 Å². The summed E-state index contributed by atoms with van der Waals surface area (Å²) in [6.07, 6.45) is 5.21. The monoisotopic (exact) mass is 460 g/mol. The van der Waals surface area contributed by atoms with Crippen LogP contribution in [-0.2, 0) is 16.8 Å². The van der Waals surface area contributed by atoms with Crippen LogP contribution >= 0.6 is 11.6 Å². The summed E-state index contributed by atoms with van der Waals surface area (Å²) >= 11 is 6.68. The fraction of sp³-hybridized carbons (Fsp3) is 0.615. The second-order valence-electron chi connectivity index (χ2n) is 11.2. The molecule has 176 valence electrons. The van der Waals surface area contributed by atoms with Crippen molar-refractivity contribution in [2.45, 2.75) is 72.8 Å². The highest BCUT2D eigenvalue weighted by atomic mass is 35.5. The van der Waals surface area contributed by atoms with E-state index in [1.165, 1.54) is 0 Å². The summed E-state index contributed by atoms with van der Waals surface area (Å²) in [6.45, 7) is 13.5. The highest BCUT2D eigenvalue weighted by Crippen LogP contribution is 2.40. The van der Waals surface area contributed by atoms with E-state index in [1.54, 1.807) is 4.90 Å². The van der Waals surface area contributed by atoms with E-state index >= 15 is 0 Å². The Morgan fingerprint density at radius 3 is 2.50 bits per heavy atom. The van der Waals surface area contributed by atoms with Crippen molar-refractivity contribution in [3.63, 3.8) is 0 Å². The van der Waals surface area contributed by atoms with Crippen molar-refractivity contribution in [1.82, 2.24) is 10.2 Å². The predicted octanol–water partition coefficient (Wildman–Crippen LogP) is 6.21. The first-order chi connectivity index (χ1) is 14.8. The van der Waals surface area contributed by atoms with E-state index in [4.69, 9.17) is 16.7 Å². The van der Waals surface area contributed by atoms with Crippen molar-refractivity contribution in [2.24, 2.45) is 23.2 Å². The maximum absolute atomic E-state index is 13.0. The Kier molecular flexibility index (Phi) is 6.99. The summed E-state index contributed by atoms with van der Waals surface area (Å²) in [5.74, 6) is -0.563. The summed E-state index contributed by atoms with van der Waals surface area (Å²) in [6, 6.07) is 6.02. The van der Waals surface area contributed by atoms with E-state index in [1.807, 2.05) is 19.2 Å². The van der Waals surface area contributed by atoms with Gasteiger partial charge in [0.05, 0.1) is 11.5 Å². The highest BCUT2D eigenvalue weighted by Gasteiger charge is 2.42. The number of urea groups is 1.